The average molecular weight is 306 g/mol. The third kappa shape index (κ3) is 3.33. The lowest BCUT2D eigenvalue weighted by Crippen LogP contribution is -2.23. The van der Waals surface area contributed by atoms with Crippen LogP contribution in [0.15, 0.2) is 22.9 Å². The molecule has 0 bridgehead atoms. The van der Waals surface area contributed by atoms with Gasteiger partial charge in [0.25, 0.3) is 0 Å². The highest BCUT2D eigenvalue weighted by molar-refractivity contribution is 7.12. The van der Waals surface area contributed by atoms with Gasteiger partial charge in [-0.25, -0.2) is 0 Å². The van der Waals surface area contributed by atoms with Crippen LogP contribution >= 0.6 is 22.7 Å². The summed E-state index contributed by atoms with van der Waals surface area (Å²) >= 11 is 3.86. The molecule has 2 heterocycles. The fourth-order valence-electron chi connectivity index (χ4n) is 2.92. The van der Waals surface area contributed by atoms with E-state index in [2.05, 4.69) is 46.5 Å². The SMILES string of the molecule is CCCNC(Cc1ccsc1)c1cc2c(s1)CCCC2. The molecule has 0 aliphatic heterocycles. The van der Waals surface area contributed by atoms with Gasteiger partial charge in [0, 0.05) is 15.8 Å². The molecule has 108 valence electrons. The first-order valence-electron chi connectivity index (χ1n) is 7.72. The minimum Gasteiger partial charge on any atom is -0.309 e. The molecule has 2 aromatic heterocycles. The number of aryl methyl sites for hydroxylation is 2. The molecule has 3 heteroatoms. The molecule has 1 aliphatic rings. The van der Waals surface area contributed by atoms with Crippen molar-refractivity contribution in [3.8, 4) is 0 Å². The largest absolute Gasteiger partial charge is 0.309 e. The minimum atomic E-state index is 0.500. The van der Waals surface area contributed by atoms with E-state index in [0.717, 1.165) is 13.0 Å². The maximum Gasteiger partial charge on any atom is 0.0456 e. The molecular formula is C17H23NS2. The van der Waals surface area contributed by atoms with Gasteiger partial charge in [0.15, 0.2) is 0 Å². The molecule has 2 aromatic rings. The van der Waals surface area contributed by atoms with Crippen molar-refractivity contribution in [1.82, 2.24) is 5.32 Å². The van der Waals surface area contributed by atoms with Crippen molar-refractivity contribution < 1.29 is 0 Å². The van der Waals surface area contributed by atoms with Crippen molar-refractivity contribution in [2.24, 2.45) is 0 Å². The van der Waals surface area contributed by atoms with Crippen LogP contribution in [0.25, 0.3) is 0 Å². The lowest BCUT2D eigenvalue weighted by atomic mass is 9.98. The van der Waals surface area contributed by atoms with E-state index in [9.17, 15) is 0 Å². The fourth-order valence-corrected chi connectivity index (χ4v) is 4.94. The van der Waals surface area contributed by atoms with Crippen LogP contribution in [-0.2, 0) is 19.3 Å². The Morgan fingerprint density at radius 3 is 2.95 bits per heavy atom. The standard InChI is InChI=1S/C17H23NS2/c1-2-8-18-15(10-13-7-9-19-12-13)17-11-14-5-3-4-6-16(14)20-17/h7,9,11-12,15,18H,2-6,8,10H2,1H3. The zero-order chi connectivity index (χ0) is 13.8. The van der Waals surface area contributed by atoms with Crippen LogP contribution < -0.4 is 5.32 Å². The van der Waals surface area contributed by atoms with Crippen LogP contribution in [-0.4, -0.2) is 6.54 Å². The summed E-state index contributed by atoms with van der Waals surface area (Å²) in [6.45, 7) is 3.35. The summed E-state index contributed by atoms with van der Waals surface area (Å²) in [5, 5.41) is 8.22. The van der Waals surface area contributed by atoms with E-state index in [4.69, 9.17) is 0 Å². The first kappa shape index (κ1) is 14.3. The van der Waals surface area contributed by atoms with E-state index in [0.29, 0.717) is 6.04 Å². The molecule has 0 spiro atoms. The highest BCUT2D eigenvalue weighted by atomic mass is 32.1. The van der Waals surface area contributed by atoms with Crippen LogP contribution in [0, 0.1) is 0 Å². The number of hydrogen-bond donors (Lipinski definition) is 1. The first-order chi connectivity index (χ1) is 9.86. The summed E-state index contributed by atoms with van der Waals surface area (Å²) in [4.78, 5) is 3.21. The topological polar surface area (TPSA) is 12.0 Å². The maximum atomic E-state index is 3.75. The van der Waals surface area contributed by atoms with Crippen molar-refractivity contribution >= 4 is 22.7 Å². The number of fused-ring (bicyclic) bond motifs is 1. The summed E-state index contributed by atoms with van der Waals surface area (Å²) in [5.74, 6) is 0. The molecule has 3 rings (SSSR count). The number of thiophene rings is 2. The first-order valence-corrected chi connectivity index (χ1v) is 9.48. The third-order valence-corrected chi connectivity index (χ3v) is 6.10. The number of nitrogens with one attached hydrogen (secondary N) is 1. The Morgan fingerprint density at radius 1 is 1.30 bits per heavy atom. The van der Waals surface area contributed by atoms with Gasteiger partial charge in [0.1, 0.15) is 0 Å². The van der Waals surface area contributed by atoms with Crippen molar-refractivity contribution in [3.05, 3.63) is 43.8 Å². The lowest BCUT2D eigenvalue weighted by Gasteiger charge is -2.16. The van der Waals surface area contributed by atoms with Gasteiger partial charge < -0.3 is 5.32 Å². The van der Waals surface area contributed by atoms with Gasteiger partial charge in [-0.15, -0.1) is 11.3 Å². The molecule has 0 amide bonds. The van der Waals surface area contributed by atoms with Crippen LogP contribution in [0.1, 0.15) is 53.1 Å². The van der Waals surface area contributed by atoms with Crippen molar-refractivity contribution in [2.45, 2.75) is 51.5 Å². The Labute approximate surface area is 130 Å². The number of rotatable bonds is 6. The van der Waals surface area contributed by atoms with Gasteiger partial charge in [-0.3, -0.25) is 0 Å². The fraction of sp³-hybridized carbons (Fsp3) is 0.529. The molecule has 0 fully saturated rings. The van der Waals surface area contributed by atoms with Crippen LogP contribution in [0.5, 0.6) is 0 Å². The molecule has 20 heavy (non-hydrogen) atoms. The monoisotopic (exact) mass is 305 g/mol. The summed E-state index contributed by atoms with van der Waals surface area (Å²) in [6.07, 6.45) is 7.68. The quantitative estimate of drug-likeness (QED) is 0.794. The van der Waals surface area contributed by atoms with E-state index in [1.807, 2.05) is 0 Å². The van der Waals surface area contributed by atoms with Crippen LogP contribution in [0.2, 0.25) is 0 Å². The van der Waals surface area contributed by atoms with E-state index in [1.165, 1.54) is 37.7 Å². The molecular weight excluding hydrogens is 282 g/mol. The van der Waals surface area contributed by atoms with E-state index < -0.39 is 0 Å². The molecule has 0 saturated heterocycles. The number of hydrogen-bond acceptors (Lipinski definition) is 3. The van der Waals surface area contributed by atoms with Gasteiger partial charge in [0.2, 0.25) is 0 Å². The Kier molecular flexibility index (Phi) is 4.92. The lowest BCUT2D eigenvalue weighted by molar-refractivity contribution is 0.537. The van der Waals surface area contributed by atoms with Crippen molar-refractivity contribution in [1.29, 1.82) is 0 Å². The molecule has 1 N–H and O–H groups in total. The molecule has 0 saturated carbocycles. The molecule has 0 radical (unpaired) electrons. The second-order valence-corrected chi connectivity index (χ2v) is 7.60. The van der Waals surface area contributed by atoms with E-state index >= 15 is 0 Å². The maximum absolute atomic E-state index is 3.75. The molecule has 0 aromatic carbocycles. The minimum absolute atomic E-state index is 0.500. The molecule has 1 atom stereocenters. The van der Waals surface area contributed by atoms with E-state index in [-0.39, 0.29) is 0 Å². The average Bonchev–Trinajstić information content (AvgIpc) is 3.12. The highest BCUT2D eigenvalue weighted by Crippen LogP contribution is 2.34. The third-order valence-electron chi connectivity index (χ3n) is 4.02. The summed E-state index contributed by atoms with van der Waals surface area (Å²) in [6, 6.07) is 5.25. The smallest absolute Gasteiger partial charge is 0.0456 e. The summed E-state index contributed by atoms with van der Waals surface area (Å²) in [7, 11) is 0. The predicted octanol–water partition coefficient (Wildman–Crippen LogP) is 4.97. The van der Waals surface area contributed by atoms with E-state index in [1.54, 1.807) is 26.7 Å². The van der Waals surface area contributed by atoms with Crippen LogP contribution in [0.4, 0.5) is 0 Å². The highest BCUT2D eigenvalue weighted by Gasteiger charge is 2.19. The summed E-state index contributed by atoms with van der Waals surface area (Å²) < 4.78 is 0. The predicted molar refractivity (Wildman–Crippen MR) is 90.0 cm³/mol. The van der Waals surface area contributed by atoms with Gasteiger partial charge in [-0.05, 0) is 79.1 Å². The van der Waals surface area contributed by atoms with Gasteiger partial charge in [-0.1, -0.05) is 6.92 Å². The zero-order valence-corrected chi connectivity index (χ0v) is 13.8. The van der Waals surface area contributed by atoms with Crippen LogP contribution in [0.3, 0.4) is 0 Å². The Morgan fingerprint density at radius 2 is 2.20 bits per heavy atom. The van der Waals surface area contributed by atoms with Gasteiger partial charge in [0.05, 0.1) is 0 Å². The second kappa shape index (κ2) is 6.88. The van der Waals surface area contributed by atoms with Crippen molar-refractivity contribution in [2.75, 3.05) is 6.54 Å². The van der Waals surface area contributed by atoms with Gasteiger partial charge >= 0.3 is 0 Å². The Hall–Kier alpha value is -0.640. The Balaban J connectivity index is 1.78. The Bertz CT molecular complexity index is 504. The molecule has 1 unspecified atom stereocenters. The molecule has 1 nitrogen and oxygen atoms in total. The second-order valence-electron chi connectivity index (χ2n) is 5.65. The van der Waals surface area contributed by atoms with Crippen molar-refractivity contribution in [3.63, 3.8) is 0 Å². The molecule has 1 aliphatic carbocycles. The summed E-state index contributed by atoms with van der Waals surface area (Å²) in [5.41, 5.74) is 3.10. The zero-order valence-electron chi connectivity index (χ0n) is 12.2. The van der Waals surface area contributed by atoms with Gasteiger partial charge in [-0.2, -0.15) is 11.3 Å². The normalized spacial score (nSPS) is 16.1.